The van der Waals surface area contributed by atoms with Crippen molar-refractivity contribution in [2.24, 2.45) is 11.8 Å². The van der Waals surface area contributed by atoms with Crippen LogP contribution in [0.4, 0.5) is 0 Å². The van der Waals surface area contributed by atoms with Crippen LogP contribution >= 0.6 is 0 Å². The van der Waals surface area contributed by atoms with Crippen LogP contribution in [0.1, 0.15) is 32.9 Å². The molecule has 3 atom stereocenters. The van der Waals surface area contributed by atoms with Crippen molar-refractivity contribution in [3.8, 4) is 11.8 Å². The van der Waals surface area contributed by atoms with E-state index in [-0.39, 0.29) is 17.8 Å². The quantitative estimate of drug-likeness (QED) is 0.762. The minimum Gasteiger partial charge on any atom is -0.468 e. The molecule has 0 saturated carbocycles. The molecule has 0 fully saturated rings. The molecule has 2 aromatic rings. The SMILES string of the molecule is COC(=O)[C@@](C)(c1cn(-c2ccccc2)cn1)[C@H](C)CC(C)C#N. The molecule has 0 aliphatic heterocycles. The lowest BCUT2D eigenvalue weighted by molar-refractivity contribution is -0.149. The zero-order chi connectivity index (χ0) is 17.7. The van der Waals surface area contributed by atoms with Gasteiger partial charge < -0.3 is 9.30 Å². The van der Waals surface area contributed by atoms with Gasteiger partial charge in [0.25, 0.3) is 0 Å². The number of methoxy groups -OCH3 is 1. The third-order valence-corrected chi connectivity index (χ3v) is 4.69. The molecule has 0 aliphatic rings. The Morgan fingerprint density at radius 1 is 1.38 bits per heavy atom. The number of esters is 1. The molecule has 1 aromatic heterocycles. The van der Waals surface area contributed by atoms with Gasteiger partial charge in [0.2, 0.25) is 0 Å². The van der Waals surface area contributed by atoms with E-state index in [9.17, 15) is 4.79 Å². The zero-order valence-electron chi connectivity index (χ0n) is 14.6. The summed E-state index contributed by atoms with van der Waals surface area (Å²) in [5, 5.41) is 9.08. The van der Waals surface area contributed by atoms with Crippen molar-refractivity contribution >= 4 is 5.97 Å². The molecule has 0 aliphatic carbocycles. The number of nitriles is 1. The smallest absolute Gasteiger partial charge is 0.317 e. The Kier molecular flexibility index (Phi) is 5.40. The lowest BCUT2D eigenvalue weighted by Crippen LogP contribution is -2.41. The minimum atomic E-state index is -0.903. The van der Waals surface area contributed by atoms with Gasteiger partial charge in [-0.25, -0.2) is 4.98 Å². The third kappa shape index (κ3) is 3.33. The van der Waals surface area contributed by atoms with Crippen LogP contribution < -0.4 is 0 Å². The van der Waals surface area contributed by atoms with E-state index in [1.165, 1.54) is 7.11 Å². The Bertz CT molecular complexity index is 733. The second-order valence-electron chi connectivity index (χ2n) is 6.36. The minimum absolute atomic E-state index is 0.0845. The summed E-state index contributed by atoms with van der Waals surface area (Å²) < 4.78 is 6.94. The van der Waals surface area contributed by atoms with Gasteiger partial charge in [-0.15, -0.1) is 0 Å². The van der Waals surface area contributed by atoms with E-state index in [0.717, 1.165) is 5.69 Å². The molecule has 0 amide bonds. The highest BCUT2D eigenvalue weighted by Crippen LogP contribution is 2.36. The summed E-state index contributed by atoms with van der Waals surface area (Å²) in [7, 11) is 1.38. The number of hydrogen-bond acceptors (Lipinski definition) is 4. The van der Waals surface area contributed by atoms with Crippen molar-refractivity contribution in [3.05, 3.63) is 48.5 Å². The van der Waals surface area contributed by atoms with Crippen molar-refractivity contribution in [1.82, 2.24) is 9.55 Å². The van der Waals surface area contributed by atoms with Crippen molar-refractivity contribution in [3.63, 3.8) is 0 Å². The number of nitrogens with zero attached hydrogens (tertiary/aromatic N) is 3. The highest BCUT2D eigenvalue weighted by Gasteiger charge is 2.44. The molecular weight excluding hydrogens is 302 g/mol. The number of hydrogen-bond donors (Lipinski definition) is 0. The van der Waals surface area contributed by atoms with Gasteiger partial charge in [-0.1, -0.05) is 25.1 Å². The van der Waals surface area contributed by atoms with Gasteiger partial charge in [0, 0.05) is 17.8 Å². The highest BCUT2D eigenvalue weighted by molar-refractivity contribution is 5.82. The van der Waals surface area contributed by atoms with Gasteiger partial charge in [0.15, 0.2) is 0 Å². The van der Waals surface area contributed by atoms with Gasteiger partial charge in [-0.3, -0.25) is 4.79 Å². The molecule has 126 valence electrons. The average Bonchev–Trinajstić information content (AvgIpc) is 3.11. The number of carbonyl (C=O) groups excluding carboxylic acids is 1. The first-order valence-electron chi connectivity index (χ1n) is 8.01. The number of carbonyl (C=O) groups is 1. The molecule has 24 heavy (non-hydrogen) atoms. The van der Waals surface area contributed by atoms with Crippen molar-refractivity contribution in [2.45, 2.75) is 32.6 Å². The second-order valence-corrected chi connectivity index (χ2v) is 6.36. The molecule has 0 bridgehead atoms. The number of aromatic nitrogens is 2. The third-order valence-electron chi connectivity index (χ3n) is 4.69. The first-order chi connectivity index (χ1) is 11.4. The van der Waals surface area contributed by atoms with E-state index in [1.807, 2.05) is 61.9 Å². The maximum absolute atomic E-state index is 12.5. The normalized spacial score (nSPS) is 15.8. The predicted molar refractivity (Wildman–Crippen MR) is 91.5 cm³/mol. The van der Waals surface area contributed by atoms with E-state index in [4.69, 9.17) is 10.00 Å². The number of rotatable bonds is 6. The largest absolute Gasteiger partial charge is 0.468 e. The highest BCUT2D eigenvalue weighted by atomic mass is 16.5. The van der Waals surface area contributed by atoms with Crippen molar-refractivity contribution in [1.29, 1.82) is 5.26 Å². The Balaban J connectivity index is 2.40. The summed E-state index contributed by atoms with van der Waals surface area (Å²) in [6, 6.07) is 12.0. The van der Waals surface area contributed by atoms with Gasteiger partial charge in [0.1, 0.15) is 5.41 Å². The van der Waals surface area contributed by atoms with Crippen LogP contribution in [0.15, 0.2) is 42.9 Å². The standard InChI is InChI=1S/C19H23N3O2/c1-14(11-20)10-15(2)19(3,18(23)24-4)17-12-22(13-21-17)16-8-6-5-7-9-16/h5-9,12-15H,10H2,1-4H3/t14?,15-,19-/m1/s1. The molecule has 0 spiro atoms. The van der Waals surface area contributed by atoms with E-state index < -0.39 is 5.41 Å². The van der Waals surface area contributed by atoms with Crippen LogP contribution in [-0.2, 0) is 14.9 Å². The summed E-state index contributed by atoms with van der Waals surface area (Å²) in [6.07, 6.45) is 4.16. The van der Waals surface area contributed by atoms with Crippen LogP contribution in [0, 0.1) is 23.2 Å². The molecule has 5 nitrogen and oxygen atoms in total. The van der Waals surface area contributed by atoms with Crippen LogP contribution in [0.3, 0.4) is 0 Å². The average molecular weight is 325 g/mol. The number of ether oxygens (including phenoxy) is 1. The lowest BCUT2D eigenvalue weighted by Gasteiger charge is -2.32. The predicted octanol–water partition coefficient (Wildman–Crippen LogP) is 3.49. The molecular formula is C19H23N3O2. The van der Waals surface area contributed by atoms with Crippen LogP contribution in [0.5, 0.6) is 0 Å². The Morgan fingerprint density at radius 3 is 2.62 bits per heavy atom. The Labute approximate surface area is 142 Å². The molecule has 0 saturated heterocycles. The van der Waals surface area contributed by atoms with E-state index in [1.54, 1.807) is 6.33 Å². The Morgan fingerprint density at radius 2 is 2.04 bits per heavy atom. The van der Waals surface area contributed by atoms with Gasteiger partial charge in [-0.2, -0.15) is 5.26 Å². The van der Waals surface area contributed by atoms with Crippen LogP contribution in [-0.4, -0.2) is 22.6 Å². The summed E-state index contributed by atoms with van der Waals surface area (Å²) in [5.74, 6) is -0.558. The van der Waals surface area contributed by atoms with E-state index >= 15 is 0 Å². The number of para-hydroxylation sites is 1. The molecule has 1 heterocycles. The monoisotopic (exact) mass is 325 g/mol. The maximum Gasteiger partial charge on any atom is 0.317 e. The fraction of sp³-hybridized carbons (Fsp3) is 0.421. The molecule has 2 rings (SSSR count). The fourth-order valence-corrected chi connectivity index (χ4v) is 2.92. The first-order valence-corrected chi connectivity index (χ1v) is 8.01. The topological polar surface area (TPSA) is 67.9 Å². The maximum atomic E-state index is 12.5. The second kappa shape index (κ2) is 7.31. The van der Waals surface area contributed by atoms with E-state index in [0.29, 0.717) is 12.1 Å². The first kappa shape index (κ1) is 17.7. The van der Waals surface area contributed by atoms with Crippen LogP contribution in [0.25, 0.3) is 5.69 Å². The zero-order valence-corrected chi connectivity index (χ0v) is 14.6. The van der Waals surface area contributed by atoms with Gasteiger partial charge >= 0.3 is 5.97 Å². The molecule has 0 N–H and O–H groups in total. The number of benzene rings is 1. The molecule has 5 heteroatoms. The molecule has 1 aromatic carbocycles. The number of imidazole rings is 1. The van der Waals surface area contributed by atoms with Crippen LogP contribution in [0.2, 0.25) is 0 Å². The van der Waals surface area contributed by atoms with Crippen molar-refractivity contribution < 1.29 is 9.53 Å². The summed E-state index contributed by atoms with van der Waals surface area (Å²) >= 11 is 0. The summed E-state index contributed by atoms with van der Waals surface area (Å²) in [5.41, 5.74) is 0.720. The van der Waals surface area contributed by atoms with Crippen molar-refractivity contribution in [2.75, 3.05) is 7.11 Å². The van der Waals surface area contributed by atoms with Gasteiger partial charge in [0.05, 0.1) is 25.2 Å². The summed E-state index contributed by atoms with van der Waals surface area (Å²) in [4.78, 5) is 17.0. The molecule has 0 radical (unpaired) electrons. The fourth-order valence-electron chi connectivity index (χ4n) is 2.92. The lowest BCUT2D eigenvalue weighted by atomic mass is 9.72. The molecule has 1 unspecified atom stereocenters. The Hall–Kier alpha value is -2.61. The van der Waals surface area contributed by atoms with Gasteiger partial charge in [-0.05, 0) is 38.3 Å². The van der Waals surface area contributed by atoms with E-state index in [2.05, 4.69) is 11.1 Å². The summed E-state index contributed by atoms with van der Waals surface area (Å²) in [6.45, 7) is 5.66.